The van der Waals surface area contributed by atoms with Gasteiger partial charge < -0.3 is 4.74 Å². The van der Waals surface area contributed by atoms with Crippen LogP contribution in [0.25, 0.3) is 6.08 Å². The largest absolute Gasteiger partial charge is 0.466 e. The van der Waals surface area contributed by atoms with Gasteiger partial charge in [0.15, 0.2) is 0 Å². The molecule has 0 bridgehead atoms. The average Bonchev–Trinajstić information content (AvgIpc) is 2.34. The molecule has 0 amide bonds. The zero-order valence-corrected chi connectivity index (χ0v) is 8.73. The van der Waals surface area contributed by atoms with Crippen LogP contribution in [-0.4, -0.2) is 19.1 Å². The van der Waals surface area contributed by atoms with E-state index in [-0.39, 0.29) is 0 Å². The molecule has 0 fully saturated rings. The highest BCUT2D eigenvalue weighted by Gasteiger charge is 1.97. The summed E-state index contributed by atoms with van der Waals surface area (Å²) >= 11 is 0. The molecule has 0 unspecified atom stereocenters. The minimum absolute atomic E-state index is 0.426. The Kier molecular flexibility index (Phi) is 4.50. The Balaban J connectivity index is 2.90. The number of rotatable bonds is 4. The second-order valence-electron chi connectivity index (χ2n) is 2.78. The van der Waals surface area contributed by atoms with E-state index in [0.717, 1.165) is 5.56 Å². The molecule has 0 spiro atoms. The Morgan fingerprint density at radius 3 is 3.00 bits per heavy atom. The smallest absolute Gasteiger partial charge is 0.330 e. The van der Waals surface area contributed by atoms with Crippen LogP contribution in [0.4, 0.5) is 5.69 Å². The van der Waals surface area contributed by atoms with Crippen molar-refractivity contribution in [3.05, 3.63) is 35.9 Å². The van der Waals surface area contributed by atoms with Gasteiger partial charge in [-0.25, -0.2) is 10.2 Å². The quantitative estimate of drug-likeness (QED) is 0.350. The number of hydrazone groups is 1. The van der Waals surface area contributed by atoms with Gasteiger partial charge in [-0.2, -0.15) is 0 Å². The topological polar surface area (TPSA) is 74.5 Å². The van der Waals surface area contributed by atoms with Crippen LogP contribution in [0.5, 0.6) is 0 Å². The standard InChI is InChI=1S/C11H11N3O2/c1-16-11(15)7-6-9-4-2-3-5-10(9)14-13-8-12/h2-7,12,14H,1H3/b7-6+. The number of esters is 1. The molecule has 1 aromatic carbocycles. The molecule has 0 aliphatic heterocycles. The number of anilines is 1. The number of hydrogen-bond acceptors (Lipinski definition) is 5. The lowest BCUT2D eigenvalue weighted by Gasteiger charge is -2.02. The van der Waals surface area contributed by atoms with Crippen LogP contribution in [0.2, 0.25) is 0 Å². The molecule has 0 radical (unpaired) electrons. The van der Waals surface area contributed by atoms with Crippen LogP contribution >= 0.6 is 0 Å². The fraction of sp³-hybridized carbons (Fsp3) is 0.0909. The molecule has 1 aromatic rings. The summed E-state index contributed by atoms with van der Waals surface area (Å²) < 4.78 is 4.48. The molecule has 1 rings (SSSR count). The van der Waals surface area contributed by atoms with Crippen LogP contribution < -0.4 is 5.43 Å². The number of ether oxygens (including phenoxy) is 1. The Labute approximate surface area is 92.9 Å². The van der Waals surface area contributed by atoms with Crippen LogP contribution in [0.3, 0.4) is 0 Å². The number of para-hydroxylation sites is 1. The van der Waals surface area contributed by atoms with Gasteiger partial charge in [-0.1, -0.05) is 18.2 Å². The van der Waals surface area contributed by atoms with E-state index in [1.807, 2.05) is 18.1 Å². The number of hydrogen-bond donors (Lipinski definition) is 2. The van der Waals surface area contributed by atoms with E-state index in [2.05, 4.69) is 15.3 Å². The first-order valence-electron chi connectivity index (χ1n) is 4.50. The average molecular weight is 217 g/mol. The summed E-state index contributed by atoms with van der Waals surface area (Å²) in [4.78, 5) is 10.9. The lowest BCUT2D eigenvalue weighted by Crippen LogP contribution is -1.94. The van der Waals surface area contributed by atoms with Gasteiger partial charge in [-0.3, -0.25) is 5.43 Å². The highest BCUT2D eigenvalue weighted by molar-refractivity contribution is 5.88. The highest BCUT2D eigenvalue weighted by atomic mass is 16.5. The van der Waals surface area contributed by atoms with Crippen LogP contribution in [0.15, 0.2) is 35.4 Å². The fourth-order valence-electron chi connectivity index (χ4n) is 1.06. The van der Waals surface area contributed by atoms with Crippen molar-refractivity contribution in [3.63, 3.8) is 0 Å². The number of carbonyl (C=O) groups is 1. The predicted octanol–water partition coefficient (Wildman–Crippen LogP) is 1.95. The fourth-order valence-corrected chi connectivity index (χ4v) is 1.06. The summed E-state index contributed by atoms with van der Waals surface area (Å²) in [7, 11) is 1.32. The lowest BCUT2D eigenvalue weighted by molar-refractivity contribution is -0.134. The first-order chi connectivity index (χ1) is 7.77. The van der Waals surface area contributed by atoms with Gasteiger partial charge in [-0.15, -0.1) is 5.10 Å². The number of benzene rings is 1. The van der Waals surface area contributed by atoms with Crippen molar-refractivity contribution in [2.45, 2.75) is 0 Å². The summed E-state index contributed by atoms with van der Waals surface area (Å²) in [5, 5.41) is 10.1. The van der Waals surface area contributed by atoms with Crippen molar-refractivity contribution in [1.82, 2.24) is 0 Å². The summed E-state index contributed by atoms with van der Waals surface area (Å²) in [5.41, 5.74) is 4.08. The van der Waals surface area contributed by atoms with Crippen molar-refractivity contribution in [3.8, 4) is 0 Å². The molecule has 5 nitrogen and oxygen atoms in total. The Hall–Kier alpha value is -2.39. The molecule has 0 saturated heterocycles. The summed E-state index contributed by atoms with van der Waals surface area (Å²) in [6.45, 7) is 0. The molecule has 0 aliphatic carbocycles. The molecule has 5 heteroatoms. The van der Waals surface area contributed by atoms with Gasteiger partial charge in [0.1, 0.15) is 6.01 Å². The third kappa shape index (κ3) is 3.40. The first kappa shape index (κ1) is 11.7. The summed E-state index contributed by atoms with van der Waals surface area (Å²) in [6, 6.07) is 9.10. The molecule has 0 heterocycles. The summed E-state index contributed by atoms with van der Waals surface area (Å²) in [5.74, 6) is -0.426. The van der Waals surface area contributed by atoms with Crippen molar-refractivity contribution >= 4 is 23.7 Å². The van der Waals surface area contributed by atoms with E-state index in [1.165, 1.54) is 13.2 Å². The molecule has 0 aliphatic rings. The maximum atomic E-state index is 10.9. The summed E-state index contributed by atoms with van der Waals surface area (Å²) in [6.07, 6.45) is 2.92. The highest BCUT2D eigenvalue weighted by Crippen LogP contribution is 2.16. The van der Waals surface area contributed by atoms with Crippen molar-refractivity contribution in [2.75, 3.05) is 12.5 Å². The van der Waals surface area contributed by atoms with Crippen LogP contribution in [0, 0.1) is 5.41 Å². The third-order valence-corrected chi connectivity index (χ3v) is 1.79. The molecule has 0 saturated carbocycles. The molecule has 2 N–H and O–H groups in total. The van der Waals surface area contributed by atoms with E-state index in [4.69, 9.17) is 5.41 Å². The molecule has 0 atom stereocenters. The van der Waals surface area contributed by atoms with Crippen LogP contribution in [-0.2, 0) is 9.53 Å². The second kappa shape index (κ2) is 6.16. The van der Waals surface area contributed by atoms with E-state index in [9.17, 15) is 4.79 Å². The molecular weight excluding hydrogens is 206 g/mol. The minimum atomic E-state index is -0.426. The van der Waals surface area contributed by atoms with Gasteiger partial charge in [0.2, 0.25) is 0 Å². The Morgan fingerprint density at radius 1 is 1.56 bits per heavy atom. The number of nitrogens with one attached hydrogen (secondary N) is 2. The van der Waals surface area contributed by atoms with Gasteiger partial charge in [-0.05, 0) is 17.7 Å². The SMILES string of the molecule is COC(=O)/C=C/c1ccccc1NN=C=N. The monoisotopic (exact) mass is 217 g/mol. The zero-order chi connectivity index (χ0) is 11.8. The normalized spacial score (nSPS) is 9.56. The third-order valence-electron chi connectivity index (χ3n) is 1.79. The van der Waals surface area contributed by atoms with E-state index < -0.39 is 5.97 Å². The lowest BCUT2D eigenvalue weighted by atomic mass is 10.1. The van der Waals surface area contributed by atoms with Gasteiger partial charge in [0.05, 0.1) is 12.8 Å². The van der Waals surface area contributed by atoms with E-state index in [1.54, 1.807) is 18.2 Å². The zero-order valence-electron chi connectivity index (χ0n) is 8.73. The maximum Gasteiger partial charge on any atom is 0.330 e. The molecule has 16 heavy (non-hydrogen) atoms. The predicted molar refractivity (Wildman–Crippen MR) is 61.3 cm³/mol. The second-order valence-corrected chi connectivity index (χ2v) is 2.78. The Morgan fingerprint density at radius 2 is 2.31 bits per heavy atom. The number of nitrogens with zero attached hydrogens (tertiary/aromatic N) is 1. The van der Waals surface area contributed by atoms with Crippen LogP contribution in [0.1, 0.15) is 5.56 Å². The van der Waals surface area contributed by atoms with Gasteiger partial charge in [0.25, 0.3) is 0 Å². The molecular formula is C11H11N3O2. The van der Waals surface area contributed by atoms with Crippen molar-refractivity contribution in [2.24, 2.45) is 5.10 Å². The minimum Gasteiger partial charge on any atom is -0.466 e. The molecule has 82 valence electrons. The number of methoxy groups -OCH3 is 1. The number of carbonyl (C=O) groups excluding carboxylic acids is 1. The van der Waals surface area contributed by atoms with Crippen molar-refractivity contribution < 1.29 is 9.53 Å². The van der Waals surface area contributed by atoms with E-state index in [0.29, 0.717) is 5.69 Å². The molecule has 0 aromatic heterocycles. The Bertz CT molecular complexity index is 448. The van der Waals surface area contributed by atoms with Crippen molar-refractivity contribution in [1.29, 1.82) is 5.41 Å². The van der Waals surface area contributed by atoms with Gasteiger partial charge >= 0.3 is 5.97 Å². The van der Waals surface area contributed by atoms with Gasteiger partial charge in [0, 0.05) is 6.08 Å². The maximum absolute atomic E-state index is 10.9. The first-order valence-corrected chi connectivity index (χ1v) is 4.50. The van der Waals surface area contributed by atoms with E-state index >= 15 is 0 Å².